The van der Waals surface area contributed by atoms with Gasteiger partial charge in [0.15, 0.2) is 0 Å². The lowest BCUT2D eigenvalue weighted by Gasteiger charge is -2.51. The average Bonchev–Trinajstić information content (AvgIpc) is 2.30. The summed E-state index contributed by atoms with van der Waals surface area (Å²) in [6.45, 7) is 21.4. The Balaban J connectivity index is 6.62. The molecule has 0 saturated carbocycles. The van der Waals surface area contributed by atoms with Crippen molar-refractivity contribution in [2.45, 2.75) is 95.1 Å². The lowest BCUT2D eigenvalue weighted by atomic mass is 9.50. The summed E-state index contributed by atoms with van der Waals surface area (Å²) in [4.78, 5) is 25.9. The molecule has 0 spiro atoms. The number of hydrogen-bond donors (Lipinski definition) is 1. The number of rotatable bonds is 7. The van der Waals surface area contributed by atoms with Crippen LogP contribution >= 0.6 is 0 Å². The van der Waals surface area contributed by atoms with E-state index in [4.69, 9.17) is 4.74 Å². The SMILES string of the molecule is CC(C)OC(=O)C(C)(CC(C)(C)C)C(CC(C)(C)C)(C(=O)O)C(C)C. The van der Waals surface area contributed by atoms with Crippen molar-refractivity contribution < 1.29 is 19.4 Å². The van der Waals surface area contributed by atoms with Crippen LogP contribution in [0.15, 0.2) is 0 Å². The first-order valence-corrected chi connectivity index (χ1v) is 9.33. The quantitative estimate of drug-likeness (QED) is 0.608. The number of ether oxygens (including phenoxy) is 1. The highest BCUT2D eigenvalue weighted by Crippen LogP contribution is 2.57. The molecular formula is C21H40O4. The highest BCUT2D eigenvalue weighted by Gasteiger charge is 2.62. The average molecular weight is 357 g/mol. The molecule has 25 heavy (non-hydrogen) atoms. The molecular weight excluding hydrogens is 316 g/mol. The van der Waals surface area contributed by atoms with Crippen LogP contribution in [0.5, 0.6) is 0 Å². The van der Waals surface area contributed by atoms with E-state index in [-0.39, 0.29) is 22.9 Å². The van der Waals surface area contributed by atoms with Gasteiger partial charge in [0.1, 0.15) is 0 Å². The molecule has 4 nitrogen and oxygen atoms in total. The minimum absolute atomic E-state index is 0.210. The first kappa shape index (κ1) is 23.9. The summed E-state index contributed by atoms with van der Waals surface area (Å²) in [5.41, 5.74) is -2.77. The number of aliphatic carboxylic acids is 1. The molecule has 0 radical (unpaired) electrons. The minimum Gasteiger partial charge on any atom is -0.481 e. The van der Waals surface area contributed by atoms with Crippen LogP contribution in [-0.2, 0) is 14.3 Å². The van der Waals surface area contributed by atoms with Crippen LogP contribution in [0.1, 0.15) is 89.0 Å². The second kappa shape index (κ2) is 7.67. The maximum atomic E-state index is 13.2. The van der Waals surface area contributed by atoms with Crippen LogP contribution in [0, 0.1) is 27.6 Å². The van der Waals surface area contributed by atoms with Crippen LogP contribution in [0.2, 0.25) is 0 Å². The summed E-state index contributed by atoms with van der Waals surface area (Å²) in [7, 11) is 0. The van der Waals surface area contributed by atoms with Crippen molar-refractivity contribution in [2.24, 2.45) is 27.6 Å². The molecule has 2 atom stereocenters. The van der Waals surface area contributed by atoms with Crippen molar-refractivity contribution in [2.75, 3.05) is 0 Å². The molecule has 0 aliphatic rings. The van der Waals surface area contributed by atoms with E-state index in [0.717, 1.165) is 0 Å². The molecule has 1 N–H and O–H groups in total. The van der Waals surface area contributed by atoms with E-state index in [1.165, 1.54) is 0 Å². The van der Waals surface area contributed by atoms with E-state index in [1.54, 1.807) is 20.8 Å². The molecule has 2 unspecified atom stereocenters. The number of carboxylic acid groups (broad SMARTS) is 1. The molecule has 0 aromatic heterocycles. The summed E-state index contributed by atoms with van der Waals surface area (Å²) in [5, 5.41) is 10.4. The summed E-state index contributed by atoms with van der Waals surface area (Å²) in [6, 6.07) is 0. The maximum absolute atomic E-state index is 13.2. The smallest absolute Gasteiger partial charge is 0.313 e. The molecule has 0 aromatic carbocycles. The molecule has 0 aliphatic heterocycles. The number of hydrogen-bond acceptors (Lipinski definition) is 3. The molecule has 4 heteroatoms. The van der Waals surface area contributed by atoms with Gasteiger partial charge in [0, 0.05) is 0 Å². The molecule has 0 fully saturated rings. The Kier molecular flexibility index (Phi) is 7.35. The fourth-order valence-electron chi connectivity index (χ4n) is 4.25. The molecule has 0 bridgehead atoms. The van der Waals surface area contributed by atoms with Gasteiger partial charge < -0.3 is 9.84 Å². The fraction of sp³-hybridized carbons (Fsp3) is 0.905. The van der Waals surface area contributed by atoms with E-state index in [9.17, 15) is 14.7 Å². The Morgan fingerprint density at radius 2 is 1.24 bits per heavy atom. The summed E-state index contributed by atoms with van der Waals surface area (Å²) >= 11 is 0. The second-order valence-corrected chi connectivity index (χ2v) is 10.7. The first-order chi connectivity index (χ1) is 10.9. The van der Waals surface area contributed by atoms with Gasteiger partial charge in [0.25, 0.3) is 0 Å². The number of carbonyl (C=O) groups excluding carboxylic acids is 1. The van der Waals surface area contributed by atoms with Gasteiger partial charge in [-0.15, -0.1) is 0 Å². The van der Waals surface area contributed by atoms with Crippen molar-refractivity contribution in [3.63, 3.8) is 0 Å². The zero-order valence-electron chi connectivity index (χ0n) is 18.2. The van der Waals surface area contributed by atoms with Gasteiger partial charge in [-0.05, 0) is 50.4 Å². The third-order valence-corrected chi connectivity index (χ3v) is 4.84. The summed E-state index contributed by atoms with van der Waals surface area (Å²) < 4.78 is 5.58. The Labute approximate surface area is 154 Å². The molecule has 0 rings (SSSR count). The Hall–Kier alpha value is -1.06. The normalized spacial score (nSPS) is 18.0. The van der Waals surface area contributed by atoms with Crippen molar-refractivity contribution in [3.05, 3.63) is 0 Å². The predicted octanol–water partition coefficient (Wildman–Crippen LogP) is 5.54. The molecule has 0 saturated heterocycles. The van der Waals surface area contributed by atoms with Gasteiger partial charge in [-0.3, -0.25) is 9.59 Å². The topological polar surface area (TPSA) is 63.6 Å². The van der Waals surface area contributed by atoms with Crippen molar-refractivity contribution in [1.82, 2.24) is 0 Å². The van der Waals surface area contributed by atoms with Crippen LogP contribution in [-0.4, -0.2) is 23.1 Å². The van der Waals surface area contributed by atoms with Crippen LogP contribution in [0.3, 0.4) is 0 Å². The van der Waals surface area contributed by atoms with E-state index in [1.807, 2.05) is 55.4 Å². The van der Waals surface area contributed by atoms with E-state index >= 15 is 0 Å². The molecule has 148 valence electrons. The third kappa shape index (κ3) is 5.72. The van der Waals surface area contributed by atoms with Gasteiger partial charge in [-0.25, -0.2) is 0 Å². The van der Waals surface area contributed by atoms with Gasteiger partial charge in [0.2, 0.25) is 0 Å². The standard InChI is InChI=1S/C21H40O4/c1-14(2)21(16(22)23,13-19(8,9)10)20(11,12-18(5,6)7)17(24)25-15(3)4/h14-15H,12-13H2,1-11H3,(H,22,23). The van der Waals surface area contributed by atoms with E-state index in [2.05, 4.69) is 0 Å². The van der Waals surface area contributed by atoms with Crippen LogP contribution < -0.4 is 0 Å². The molecule has 0 amide bonds. The zero-order valence-corrected chi connectivity index (χ0v) is 18.2. The van der Waals surface area contributed by atoms with Gasteiger partial charge in [0.05, 0.1) is 16.9 Å². The lowest BCUT2D eigenvalue weighted by molar-refractivity contribution is -0.191. The maximum Gasteiger partial charge on any atom is 0.313 e. The predicted molar refractivity (Wildman–Crippen MR) is 102 cm³/mol. The van der Waals surface area contributed by atoms with Crippen LogP contribution in [0.4, 0.5) is 0 Å². The third-order valence-electron chi connectivity index (χ3n) is 4.84. The van der Waals surface area contributed by atoms with Gasteiger partial charge in [-0.2, -0.15) is 0 Å². The molecule has 0 aromatic rings. The van der Waals surface area contributed by atoms with E-state index in [0.29, 0.717) is 12.8 Å². The summed E-state index contributed by atoms with van der Waals surface area (Å²) in [5.74, 6) is -1.53. The van der Waals surface area contributed by atoms with Crippen molar-refractivity contribution in [1.29, 1.82) is 0 Å². The Morgan fingerprint density at radius 1 is 0.840 bits per heavy atom. The number of esters is 1. The van der Waals surface area contributed by atoms with Crippen molar-refractivity contribution >= 4 is 11.9 Å². The highest BCUT2D eigenvalue weighted by molar-refractivity contribution is 5.88. The zero-order chi connectivity index (χ0) is 20.4. The fourth-order valence-corrected chi connectivity index (χ4v) is 4.25. The Morgan fingerprint density at radius 3 is 1.48 bits per heavy atom. The lowest BCUT2D eigenvalue weighted by Crippen LogP contribution is -2.57. The highest BCUT2D eigenvalue weighted by atomic mass is 16.5. The summed E-state index contributed by atoms with van der Waals surface area (Å²) in [6.07, 6.45) is 0.582. The van der Waals surface area contributed by atoms with Crippen LogP contribution in [0.25, 0.3) is 0 Å². The van der Waals surface area contributed by atoms with E-state index < -0.39 is 22.8 Å². The monoisotopic (exact) mass is 356 g/mol. The number of carbonyl (C=O) groups is 2. The second-order valence-electron chi connectivity index (χ2n) is 10.7. The Bertz CT molecular complexity index is 479. The first-order valence-electron chi connectivity index (χ1n) is 9.33. The minimum atomic E-state index is -1.20. The van der Waals surface area contributed by atoms with Crippen molar-refractivity contribution in [3.8, 4) is 0 Å². The number of carboxylic acids is 1. The molecule has 0 aliphatic carbocycles. The largest absolute Gasteiger partial charge is 0.481 e. The van der Waals surface area contributed by atoms with Gasteiger partial charge >= 0.3 is 11.9 Å². The molecule has 0 heterocycles. The van der Waals surface area contributed by atoms with Gasteiger partial charge in [-0.1, -0.05) is 55.4 Å².